The Bertz CT molecular complexity index is 622. The predicted molar refractivity (Wildman–Crippen MR) is 151 cm³/mol. The molecule has 198 valence electrons. The molecule has 0 aliphatic heterocycles. The van der Waals surface area contributed by atoms with Crippen molar-refractivity contribution in [2.45, 2.75) is 120 Å². The van der Waals surface area contributed by atoms with Crippen LogP contribution in [0.15, 0.2) is 41.6 Å². The van der Waals surface area contributed by atoms with Crippen LogP contribution in [-0.4, -0.2) is 24.2 Å². The standard InChI is InChI=1S/C14H21N.C6H11NO.C5H12.C3H6O.C2H6/c1-2-7-13(8-3-1)9-6-12-15-14-10-4-5-11-14;1-4(5(2)7)6(3)8;1-4-5(2)3;1-3(2)4;1-2/h1-3,7-8,14-15H,4-6,9-12H2;7H2,1-3H3;5H,4H2,1-3H3;1-2H3;1-2H3/b;5-4+;;;. The van der Waals surface area contributed by atoms with E-state index < -0.39 is 0 Å². The van der Waals surface area contributed by atoms with Crippen LogP contribution < -0.4 is 11.1 Å². The van der Waals surface area contributed by atoms with Crippen LogP contribution in [0.2, 0.25) is 0 Å². The Kier molecular flexibility index (Phi) is 27.7. The summed E-state index contributed by atoms with van der Waals surface area (Å²) in [4.78, 5) is 19.9. The van der Waals surface area contributed by atoms with Crippen LogP contribution in [0.1, 0.15) is 113 Å². The van der Waals surface area contributed by atoms with Crippen molar-refractivity contribution in [1.82, 2.24) is 5.32 Å². The zero-order chi connectivity index (χ0) is 26.9. The molecule has 1 saturated carbocycles. The van der Waals surface area contributed by atoms with Crippen LogP contribution in [-0.2, 0) is 16.0 Å². The van der Waals surface area contributed by atoms with E-state index in [2.05, 4.69) is 56.4 Å². The van der Waals surface area contributed by atoms with Crippen molar-refractivity contribution in [2.24, 2.45) is 11.7 Å². The van der Waals surface area contributed by atoms with Gasteiger partial charge in [0.2, 0.25) is 0 Å². The molecule has 1 aliphatic carbocycles. The SMILES string of the molecule is CC.CC(=O)/C(C)=C(\C)N.CC(C)=O.CCC(C)C.c1ccc(CCCNC2CCCC2)cc1. The first kappa shape index (κ1) is 36.6. The molecule has 2 rings (SSSR count). The van der Waals surface area contributed by atoms with Gasteiger partial charge in [-0.05, 0) is 78.3 Å². The van der Waals surface area contributed by atoms with Gasteiger partial charge in [-0.3, -0.25) is 4.79 Å². The Balaban J connectivity index is -0.000000428. The molecule has 1 aromatic rings. The summed E-state index contributed by atoms with van der Waals surface area (Å²) in [5.41, 5.74) is 8.03. The number of hydrogen-bond donors (Lipinski definition) is 2. The van der Waals surface area contributed by atoms with E-state index in [1.807, 2.05) is 13.8 Å². The summed E-state index contributed by atoms with van der Waals surface area (Å²) < 4.78 is 0. The van der Waals surface area contributed by atoms with Crippen molar-refractivity contribution in [3.63, 3.8) is 0 Å². The molecule has 0 radical (unpaired) electrons. The Morgan fingerprint density at radius 3 is 1.74 bits per heavy atom. The van der Waals surface area contributed by atoms with Crippen LogP contribution in [0.3, 0.4) is 0 Å². The summed E-state index contributed by atoms with van der Waals surface area (Å²) in [5, 5.41) is 3.65. The summed E-state index contributed by atoms with van der Waals surface area (Å²) >= 11 is 0. The highest BCUT2D eigenvalue weighted by Crippen LogP contribution is 2.17. The summed E-state index contributed by atoms with van der Waals surface area (Å²) in [7, 11) is 0. The molecule has 1 fully saturated rings. The van der Waals surface area contributed by atoms with Crippen LogP contribution in [0.5, 0.6) is 0 Å². The molecule has 3 N–H and O–H groups in total. The maximum atomic E-state index is 10.4. The second kappa shape index (κ2) is 25.7. The van der Waals surface area contributed by atoms with E-state index >= 15 is 0 Å². The molecule has 4 nitrogen and oxygen atoms in total. The number of Topliss-reactive ketones (excluding diaryl/α,β-unsaturated/α-hetero) is 2. The van der Waals surface area contributed by atoms with E-state index in [1.54, 1.807) is 13.8 Å². The van der Waals surface area contributed by atoms with Crippen molar-refractivity contribution in [1.29, 1.82) is 0 Å². The van der Waals surface area contributed by atoms with E-state index in [9.17, 15) is 9.59 Å². The van der Waals surface area contributed by atoms with Crippen LogP contribution >= 0.6 is 0 Å². The monoisotopic (exact) mass is 476 g/mol. The molecule has 0 aromatic heterocycles. The van der Waals surface area contributed by atoms with Gasteiger partial charge in [-0.15, -0.1) is 0 Å². The number of hydrogen-bond acceptors (Lipinski definition) is 4. The van der Waals surface area contributed by atoms with Crippen molar-refractivity contribution >= 4 is 11.6 Å². The third kappa shape index (κ3) is 28.1. The zero-order valence-electron chi connectivity index (χ0n) is 24.1. The van der Waals surface area contributed by atoms with Gasteiger partial charge in [-0.1, -0.05) is 84.2 Å². The number of carbonyl (C=O) groups is 2. The molecular formula is C30H56N2O2. The first-order valence-corrected chi connectivity index (χ1v) is 13.2. The minimum Gasteiger partial charge on any atom is -0.402 e. The van der Waals surface area contributed by atoms with E-state index in [1.165, 1.54) is 77.8 Å². The quantitative estimate of drug-likeness (QED) is 0.313. The third-order valence-corrected chi connectivity index (χ3v) is 5.21. The zero-order valence-corrected chi connectivity index (χ0v) is 24.1. The predicted octanol–water partition coefficient (Wildman–Crippen LogP) is 7.65. The Hall–Kier alpha value is -1.94. The van der Waals surface area contributed by atoms with Gasteiger partial charge in [0.05, 0.1) is 0 Å². The minimum atomic E-state index is 0.0463. The summed E-state index contributed by atoms with van der Waals surface area (Å²) in [6, 6.07) is 11.6. The lowest BCUT2D eigenvalue weighted by molar-refractivity contribution is -0.115. The molecule has 0 spiro atoms. The van der Waals surface area contributed by atoms with Gasteiger partial charge in [-0.2, -0.15) is 0 Å². The molecule has 0 amide bonds. The van der Waals surface area contributed by atoms with Crippen LogP contribution in [0, 0.1) is 5.92 Å². The molecule has 1 aliphatic rings. The number of nitrogens with two attached hydrogens (primary N) is 1. The second-order valence-electron chi connectivity index (χ2n) is 9.10. The maximum absolute atomic E-state index is 10.4. The van der Waals surface area contributed by atoms with Gasteiger partial charge < -0.3 is 15.8 Å². The molecule has 0 bridgehead atoms. The van der Waals surface area contributed by atoms with Gasteiger partial charge in [-0.25, -0.2) is 0 Å². The fraction of sp³-hybridized carbons (Fsp3) is 0.667. The lowest BCUT2D eigenvalue weighted by Gasteiger charge is -2.11. The van der Waals surface area contributed by atoms with Crippen molar-refractivity contribution in [3.8, 4) is 0 Å². The number of rotatable bonds is 7. The van der Waals surface area contributed by atoms with Crippen molar-refractivity contribution < 1.29 is 9.59 Å². The van der Waals surface area contributed by atoms with Gasteiger partial charge in [0.1, 0.15) is 5.78 Å². The first-order valence-electron chi connectivity index (χ1n) is 13.2. The number of allylic oxidation sites excluding steroid dienone is 2. The Labute approximate surface area is 212 Å². The average molecular weight is 477 g/mol. The number of aryl methyl sites for hydroxylation is 1. The molecule has 34 heavy (non-hydrogen) atoms. The highest BCUT2D eigenvalue weighted by atomic mass is 16.1. The molecule has 0 heterocycles. The van der Waals surface area contributed by atoms with Crippen molar-refractivity contribution in [2.75, 3.05) is 6.54 Å². The minimum absolute atomic E-state index is 0.0463. The summed E-state index contributed by atoms with van der Waals surface area (Å²) in [6.45, 7) is 19.8. The number of benzene rings is 1. The average Bonchev–Trinajstić information content (AvgIpc) is 3.32. The maximum Gasteiger partial charge on any atom is 0.157 e. The fourth-order valence-electron chi connectivity index (χ4n) is 2.65. The number of ketones is 2. The molecule has 1 aromatic carbocycles. The molecule has 0 saturated heterocycles. The Morgan fingerprint density at radius 2 is 1.41 bits per heavy atom. The first-order chi connectivity index (χ1) is 16.0. The lowest BCUT2D eigenvalue weighted by atomic mass is 10.1. The smallest absolute Gasteiger partial charge is 0.157 e. The molecular weight excluding hydrogens is 420 g/mol. The highest BCUT2D eigenvalue weighted by Gasteiger charge is 2.12. The van der Waals surface area contributed by atoms with E-state index in [4.69, 9.17) is 5.73 Å². The number of nitrogens with one attached hydrogen (secondary N) is 1. The molecule has 0 unspecified atom stereocenters. The molecule has 4 heteroatoms. The second-order valence-corrected chi connectivity index (χ2v) is 9.10. The van der Waals surface area contributed by atoms with Crippen LogP contribution in [0.4, 0.5) is 0 Å². The van der Waals surface area contributed by atoms with Crippen molar-refractivity contribution in [3.05, 3.63) is 47.2 Å². The van der Waals surface area contributed by atoms with Gasteiger partial charge in [0.25, 0.3) is 0 Å². The topological polar surface area (TPSA) is 72.2 Å². The van der Waals surface area contributed by atoms with Crippen LogP contribution in [0.25, 0.3) is 0 Å². The molecule has 0 atom stereocenters. The van der Waals surface area contributed by atoms with Gasteiger partial charge >= 0.3 is 0 Å². The third-order valence-electron chi connectivity index (χ3n) is 5.21. The largest absolute Gasteiger partial charge is 0.402 e. The normalized spacial score (nSPS) is 12.9. The Morgan fingerprint density at radius 1 is 0.971 bits per heavy atom. The fourth-order valence-corrected chi connectivity index (χ4v) is 2.65. The van der Waals surface area contributed by atoms with E-state index in [0.29, 0.717) is 11.3 Å². The lowest BCUT2D eigenvalue weighted by Crippen LogP contribution is -2.27. The number of carbonyl (C=O) groups excluding carboxylic acids is 2. The highest BCUT2D eigenvalue weighted by molar-refractivity contribution is 5.93. The van der Waals surface area contributed by atoms with Gasteiger partial charge in [0, 0.05) is 17.3 Å². The summed E-state index contributed by atoms with van der Waals surface area (Å²) in [5.74, 6) is 1.10. The van der Waals surface area contributed by atoms with Gasteiger partial charge in [0.15, 0.2) is 5.78 Å². The summed E-state index contributed by atoms with van der Waals surface area (Å²) in [6.07, 6.45) is 9.42. The van der Waals surface area contributed by atoms with E-state index in [-0.39, 0.29) is 11.6 Å². The van der Waals surface area contributed by atoms with E-state index in [0.717, 1.165) is 12.0 Å².